The molecule has 3 aromatic carbocycles. The molecule has 0 aliphatic carbocycles. The number of rotatable bonds is 7. The van der Waals surface area contributed by atoms with Gasteiger partial charge in [-0.2, -0.15) is 0 Å². The first-order valence-corrected chi connectivity index (χ1v) is 11.8. The van der Waals surface area contributed by atoms with Gasteiger partial charge in [-0.25, -0.2) is 0 Å². The third kappa shape index (κ3) is 4.62. The molecule has 3 aromatic rings. The highest BCUT2D eigenvalue weighted by atomic mass is 35.5. The summed E-state index contributed by atoms with van der Waals surface area (Å²) >= 11 is 6.27. The Morgan fingerprint density at radius 2 is 1.69 bits per heavy atom. The largest absolute Gasteiger partial charge is 0.507 e. The molecule has 36 heavy (non-hydrogen) atoms. The van der Waals surface area contributed by atoms with Gasteiger partial charge in [-0.1, -0.05) is 23.7 Å². The van der Waals surface area contributed by atoms with Gasteiger partial charge in [0.2, 0.25) is 0 Å². The number of carbonyl (C=O) groups is 2. The lowest BCUT2D eigenvalue weighted by Gasteiger charge is -2.26. The molecular formula is C28H27ClN2O5. The number of ketones is 1. The van der Waals surface area contributed by atoms with Crippen LogP contribution in [0.4, 0.5) is 11.4 Å². The van der Waals surface area contributed by atoms with Gasteiger partial charge in [0.25, 0.3) is 11.7 Å². The van der Waals surface area contributed by atoms with E-state index < -0.39 is 17.7 Å². The number of methoxy groups -OCH3 is 1. The number of hydrogen-bond donors (Lipinski definition) is 1. The average molecular weight is 507 g/mol. The quantitative estimate of drug-likeness (QED) is 0.261. The Morgan fingerprint density at radius 1 is 1.03 bits per heavy atom. The van der Waals surface area contributed by atoms with Crippen LogP contribution in [0.3, 0.4) is 0 Å². The van der Waals surface area contributed by atoms with Gasteiger partial charge in [-0.3, -0.25) is 14.5 Å². The Hall–Kier alpha value is -3.97. The third-order valence-corrected chi connectivity index (χ3v) is 6.32. The molecule has 7 nitrogen and oxygen atoms in total. The van der Waals surface area contributed by atoms with Gasteiger partial charge in [0.1, 0.15) is 17.3 Å². The van der Waals surface area contributed by atoms with Gasteiger partial charge in [-0.15, -0.1) is 0 Å². The average Bonchev–Trinajstić information content (AvgIpc) is 3.14. The van der Waals surface area contributed by atoms with Crippen molar-refractivity contribution in [3.05, 3.63) is 88.5 Å². The summed E-state index contributed by atoms with van der Waals surface area (Å²) in [6.45, 7) is 2.40. The van der Waals surface area contributed by atoms with Crippen LogP contribution >= 0.6 is 11.6 Å². The molecule has 0 saturated carbocycles. The summed E-state index contributed by atoms with van der Waals surface area (Å²) in [5.41, 5.74) is 2.41. The fourth-order valence-electron chi connectivity index (χ4n) is 4.21. The van der Waals surface area contributed by atoms with Crippen LogP contribution in [0.25, 0.3) is 5.76 Å². The Kier molecular flexibility index (Phi) is 7.22. The fourth-order valence-corrected chi connectivity index (χ4v) is 4.47. The number of Topliss-reactive ketones (excluding diaryl/α,β-unsaturated/α-hetero) is 1. The summed E-state index contributed by atoms with van der Waals surface area (Å²) in [6.07, 6.45) is 0. The summed E-state index contributed by atoms with van der Waals surface area (Å²) in [5, 5.41) is 11.6. The molecule has 1 aliphatic rings. The Bertz CT molecular complexity index is 1320. The molecule has 1 saturated heterocycles. The fraction of sp³-hybridized carbons (Fsp3) is 0.214. The number of ether oxygens (including phenoxy) is 2. The van der Waals surface area contributed by atoms with E-state index in [2.05, 4.69) is 0 Å². The monoisotopic (exact) mass is 506 g/mol. The molecule has 1 N–H and O–H groups in total. The minimum Gasteiger partial charge on any atom is -0.507 e. The number of nitrogens with zero attached hydrogens (tertiary/aromatic N) is 2. The first-order chi connectivity index (χ1) is 17.3. The molecule has 8 heteroatoms. The first-order valence-electron chi connectivity index (χ1n) is 11.4. The van der Waals surface area contributed by atoms with Gasteiger partial charge in [-0.05, 0) is 67.1 Å². The normalized spacial score (nSPS) is 16.8. The van der Waals surface area contributed by atoms with Gasteiger partial charge < -0.3 is 19.5 Å². The van der Waals surface area contributed by atoms with Crippen molar-refractivity contribution in [3.63, 3.8) is 0 Å². The second-order valence-corrected chi connectivity index (χ2v) is 8.84. The maximum absolute atomic E-state index is 13.3. The molecular weight excluding hydrogens is 480 g/mol. The van der Waals surface area contributed by atoms with Crippen LogP contribution < -0.4 is 19.3 Å². The van der Waals surface area contributed by atoms with E-state index in [1.807, 2.05) is 38.1 Å². The molecule has 0 aromatic heterocycles. The molecule has 186 valence electrons. The van der Waals surface area contributed by atoms with Crippen LogP contribution in [0.1, 0.15) is 24.1 Å². The van der Waals surface area contributed by atoms with Crippen LogP contribution in [0.2, 0.25) is 5.02 Å². The van der Waals surface area contributed by atoms with Crippen molar-refractivity contribution in [1.29, 1.82) is 0 Å². The molecule has 1 fully saturated rings. The van der Waals surface area contributed by atoms with Crippen molar-refractivity contribution in [2.24, 2.45) is 0 Å². The van der Waals surface area contributed by atoms with Crippen molar-refractivity contribution < 1.29 is 24.2 Å². The van der Waals surface area contributed by atoms with E-state index >= 15 is 0 Å². The summed E-state index contributed by atoms with van der Waals surface area (Å²) in [7, 11) is 5.32. The van der Waals surface area contributed by atoms with Crippen molar-refractivity contribution in [2.45, 2.75) is 13.0 Å². The van der Waals surface area contributed by atoms with E-state index in [1.165, 1.54) is 18.1 Å². The highest BCUT2D eigenvalue weighted by Gasteiger charge is 2.47. The Labute approximate surface area is 215 Å². The standard InChI is InChI=1S/C28H27ClN2O5/c1-5-36-21-13-6-17(7-14-21)25-24(26(32)18-8-15-23(35-4)22(29)16-18)27(33)28(34)31(25)20-11-9-19(10-12-20)30(2)3/h6-16,25,32H,5H2,1-4H3/b26-24-. The van der Waals surface area contributed by atoms with E-state index in [0.717, 1.165) is 5.69 Å². The van der Waals surface area contributed by atoms with Gasteiger partial charge in [0.15, 0.2) is 0 Å². The topological polar surface area (TPSA) is 79.3 Å². The summed E-state index contributed by atoms with van der Waals surface area (Å²) in [5.74, 6) is -0.736. The third-order valence-electron chi connectivity index (χ3n) is 6.02. The predicted octanol–water partition coefficient (Wildman–Crippen LogP) is 5.44. The SMILES string of the molecule is CCOc1ccc(C2/C(=C(/O)c3ccc(OC)c(Cl)c3)C(=O)C(=O)N2c2ccc(N(C)C)cc2)cc1. The molecule has 0 bridgehead atoms. The maximum atomic E-state index is 13.3. The first kappa shape index (κ1) is 25.1. The van der Waals surface area contributed by atoms with Crippen LogP contribution in [-0.2, 0) is 9.59 Å². The molecule has 1 unspecified atom stereocenters. The number of benzene rings is 3. The van der Waals surface area contributed by atoms with Gasteiger partial charge in [0, 0.05) is 31.0 Å². The predicted molar refractivity (Wildman–Crippen MR) is 141 cm³/mol. The van der Waals surface area contributed by atoms with Crippen molar-refractivity contribution in [1.82, 2.24) is 0 Å². The summed E-state index contributed by atoms with van der Waals surface area (Å²) < 4.78 is 10.7. The second-order valence-electron chi connectivity index (χ2n) is 8.43. The maximum Gasteiger partial charge on any atom is 0.300 e. The number of carbonyl (C=O) groups excluding carboxylic acids is 2. The minimum atomic E-state index is -0.855. The van der Waals surface area contributed by atoms with Crippen molar-refractivity contribution in [2.75, 3.05) is 37.6 Å². The minimum absolute atomic E-state index is 0.0259. The van der Waals surface area contributed by atoms with Crippen LogP contribution in [0.5, 0.6) is 11.5 Å². The molecule has 1 heterocycles. The number of hydrogen-bond acceptors (Lipinski definition) is 6. The molecule has 1 amide bonds. The van der Waals surface area contributed by atoms with Crippen LogP contribution in [-0.4, -0.2) is 44.6 Å². The number of anilines is 2. The van der Waals surface area contributed by atoms with Crippen LogP contribution in [0, 0.1) is 0 Å². The van der Waals surface area contributed by atoms with E-state index in [0.29, 0.717) is 34.9 Å². The highest BCUT2D eigenvalue weighted by Crippen LogP contribution is 2.43. The highest BCUT2D eigenvalue weighted by molar-refractivity contribution is 6.51. The number of aliphatic hydroxyl groups is 1. The smallest absolute Gasteiger partial charge is 0.300 e. The van der Waals surface area contributed by atoms with Crippen molar-refractivity contribution >= 4 is 40.4 Å². The van der Waals surface area contributed by atoms with Crippen LogP contribution in [0.15, 0.2) is 72.3 Å². The lowest BCUT2D eigenvalue weighted by Crippen LogP contribution is -2.29. The molecule has 1 aliphatic heterocycles. The number of aliphatic hydroxyl groups excluding tert-OH is 1. The lowest BCUT2D eigenvalue weighted by molar-refractivity contribution is -0.132. The molecule has 4 rings (SSSR count). The molecule has 0 spiro atoms. The lowest BCUT2D eigenvalue weighted by atomic mass is 9.95. The second kappa shape index (κ2) is 10.3. The summed E-state index contributed by atoms with van der Waals surface area (Å²) in [4.78, 5) is 30.0. The zero-order valence-electron chi connectivity index (χ0n) is 20.5. The number of amides is 1. The van der Waals surface area contributed by atoms with E-state index in [9.17, 15) is 14.7 Å². The van der Waals surface area contributed by atoms with E-state index in [1.54, 1.807) is 48.5 Å². The number of halogens is 1. The Morgan fingerprint density at radius 3 is 2.25 bits per heavy atom. The summed E-state index contributed by atoms with van der Waals surface area (Å²) in [6, 6.07) is 18.3. The Balaban J connectivity index is 1.88. The van der Waals surface area contributed by atoms with Gasteiger partial charge >= 0.3 is 0 Å². The van der Waals surface area contributed by atoms with E-state index in [4.69, 9.17) is 21.1 Å². The van der Waals surface area contributed by atoms with Gasteiger partial charge in [0.05, 0.1) is 30.4 Å². The molecule has 1 atom stereocenters. The zero-order valence-corrected chi connectivity index (χ0v) is 21.2. The molecule has 0 radical (unpaired) electrons. The van der Waals surface area contributed by atoms with Crippen molar-refractivity contribution in [3.8, 4) is 11.5 Å². The van der Waals surface area contributed by atoms with E-state index in [-0.39, 0.29) is 16.4 Å². The zero-order chi connectivity index (χ0) is 26.0.